The van der Waals surface area contributed by atoms with Crippen molar-refractivity contribution in [2.45, 2.75) is 70.9 Å². The number of hydrogen-bond acceptors (Lipinski definition) is 7. The van der Waals surface area contributed by atoms with E-state index in [9.17, 15) is 19.2 Å². The van der Waals surface area contributed by atoms with Crippen LogP contribution in [0.2, 0.25) is 0 Å². The van der Waals surface area contributed by atoms with Crippen LogP contribution in [0, 0.1) is 29.6 Å². The molecular weight excluding hydrogens is 685 g/mol. The summed E-state index contributed by atoms with van der Waals surface area (Å²) in [6.07, 6.45) is 7.59. The number of nitrogens with one attached hydrogen (secondary N) is 4. The molecule has 2 saturated heterocycles. The van der Waals surface area contributed by atoms with Gasteiger partial charge in [0.1, 0.15) is 17.7 Å². The zero-order valence-electron chi connectivity index (χ0n) is 31.2. The minimum absolute atomic E-state index is 0.00785. The fourth-order valence-electron chi connectivity index (χ4n) is 8.88. The maximum absolute atomic E-state index is 13.5. The third kappa shape index (κ3) is 6.43. The molecule has 0 radical (unpaired) electrons. The van der Waals surface area contributed by atoms with E-state index in [0.29, 0.717) is 24.9 Å². The van der Waals surface area contributed by atoms with Gasteiger partial charge in [-0.15, -0.1) is 0 Å². The monoisotopic (exact) mass is 732 g/mol. The van der Waals surface area contributed by atoms with E-state index in [4.69, 9.17) is 9.72 Å². The summed E-state index contributed by atoms with van der Waals surface area (Å²) in [4.78, 5) is 69.4. The summed E-state index contributed by atoms with van der Waals surface area (Å²) in [5.41, 5.74) is 8.86. The minimum atomic E-state index is -0.681. The molecule has 2 saturated carbocycles. The molecule has 2 aliphatic heterocycles. The molecule has 8 rings (SSSR count). The van der Waals surface area contributed by atoms with Gasteiger partial charge in [0.05, 0.1) is 42.9 Å². The highest BCUT2D eigenvalue weighted by Gasteiger charge is 2.60. The number of likely N-dealkylation sites (tertiary alicyclic amines) is 1. The van der Waals surface area contributed by atoms with Crippen molar-refractivity contribution in [2.24, 2.45) is 29.6 Å². The highest BCUT2D eigenvalue weighted by molar-refractivity contribution is 5.87. The minimum Gasteiger partial charge on any atom is -0.453 e. The number of H-pyrrole nitrogens is 2. The largest absolute Gasteiger partial charge is 0.453 e. The van der Waals surface area contributed by atoms with Gasteiger partial charge in [-0.05, 0) is 72.1 Å². The second kappa shape index (κ2) is 14.4. The molecule has 13 heteroatoms. The zero-order chi connectivity index (χ0) is 37.7. The van der Waals surface area contributed by atoms with Crippen molar-refractivity contribution in [2.75, 3.05) is 20.2 Å². The number of carbonyl (C=O) groups excluding carboxylic acids is 4. The summed E-state index contributed by atoms with van der Waals surface area (Å²) in [6.45, 7) is 6.88. The standard InChI is InChI=1S/C41H48N8O5/c1-22(2)35(46-41(53)54-4)40(52)48-18-5-6-32(48)36-42-20-30(44-36)26-11-7-24(8-12-26)25-9-13-27(14-10-25)31-21-43-37(45-31)33-28-15-16-29(28)34(33)38(50)47-49-19-17-23(3)39(49)51/h7-14,20-23,28-29,32-35H,5-6,15-19H2,1-4H3,(H,42,44)(H,43,45)(H,46,53)(H,47,50)/t23-,28-,29?,32-,33+,34+,35-/m0/s1. The number of imidazole rings is 2. The van der Waals surface area contributed by atoms with E-state index in [2.05, 4.69) is 74.2 Å². The number of rotatable bonds is 10. The Morgan fingerprint density at radius 1 is 0.815 bits per heavy atom. The number of alkyl carbamates (subject to hydrolysis) is 1. The van der Waals surface area contributed by atoms with Crippen molar-refractivity contribution in [3.8, 4) is 33.6 Å². The number of methoxy groups -OCH3 is 1. The van der Waals surface area contributed by atoms with Crippen LogP contribution in [0.15, 0.2) is 60.9 Å². The molecule has 0 spiro atoms. The Labute approximate surface area is 314 Å². The van der Waals surface area contributed by atoms with Crippen LogP contribution in [-0.4, -0.2) is 79.9 Å². The first-order valence-electron chi connectivity index (χ1n) is 19.2. The van der Waals surface area contributed by atoms with Gasteiger partial charge in [0.25, 0.3) is 0 Å². The molecule has 4 fully saturated rings. The smallest absolute Gasteiger partial charge is 0.407 e. The summed E-state index contributed by atoms with van der Waals surface area (Å²) in [7, 11) is 1.29. The summed E-state index contributed by atoms with van der Waals surface area (Å²) in [6, 6.07) is 15.8. The van der Waals surface area contributed by atoms with E-state index in [-0.39, 0.29) is 47.4 Å². The normalized spacial score (nSPS) is 25.2. The molecule has 13 nitrogen and oxygen atoms in total. The molecule has 4 aliphatic rings. The van der Waals surface area contributed by atoms with Gasteiger partial charge < -0.3 is 24.9 Å². The number of benzene rings is 2. The third-order valence-corrected chi connectivity index (χ3v) is 12.2. The molecule has 4 heterocycles. The highest BCUT2D eigenvalue weighted by Crippen LogP contribution is 2.62. The summed E-state index contributed by atoms with van der Waals surface area (Å²) in [5.74, 6) is 1.88. The fourth-order valence-corrected chi connectivity index (χ4v) is 8.88. The molecule has 54 heavy (non-hydrogen) atoms. The van der Waals surface area contributed by atoms with Crippen molar-refractivity contribution in [3.63, 3.8) is 0 Å². The molecule has 2 aromatic carbocycles. The van der Waals surface area contributed by atoms with Crippen molar-refractivity contribution in [1.82, 2.24) is 40.6 Å². The van der Waals surface area contributed by atoms with Gasteiger partial charge in [-0.1, -0.05) is 69.3 Å². The average molecular weight is 733 g/mol. The Hall–Kier alpha value is -5.46. The number of amides is 4. The van der Waals surface area contributed by atoms with Crippen molar-refractivity contribution in [1.29, 1.82) is 0 Å². The molecule has 4 aromatic rings. The summed E-state index contributed by atoms with van der Waals surface area (Å²) >= 11 is 0. The molecule has 2 aliphatic carbocycles. The Bertz CT molecular complexity index is 2040. The molecule has 1 unspecified atom stereocenters. The maximum atomic E-state index is 13.5. The molecule has 2 aromatic heterocycles. The van der Waals surface area contributed by atoms with Gasteiger partial charge in [0, 0.05) is 24.9 Å². The van der Waals surface area contributed by atoms with E-state index in [1.165, 1.54) is 12.1 Å². The van der Waals surface area contributed by atoms with Crippen LogP contribution in [0.1, 0.15) is 76.5 Å². The first kappa shape index (κ1) is 35.6. The number of aromatic amines is 2. The number of nitrogens with zero attached hydrogens (tertiary/aromatic N) is 4. The molecule has 7 atom stereocenters. The second-order valence-electron chi connectivity index (χ2n) is 15.7. The first-order chi connectivity index (χ1) is 26.1. The van der Waals surface area contributed by atoms with Gasteiger partial charge in [-0.2, -0.15) is 0 Å². The highest BCUT2D eigenvalue weighted by atomic mass is 16.5. The zero-order valence-corrected chi connectivity index (χ0v) is 31.2. The van der Waals surface area contributed by atoms with Crippen LogP contribution < -0.4 is 10.7 Å². The Morgan fingerprint density at radius 2 is 1.41 bits per heavy atom. The van der Waals surface area contributed by atoms with Crippen molar-refractivity contribution in [3.05, 3.63) is 72.6 Å². The molecule has 4 N–H and O–H groups in total. The van der Waals surface area contributed by atoms with Crippen molar-refractivity contribution >= 4 is 23.8 Å². The molecule has 4 amide bonds. The number of aromatic nitrogens is 4. The van der Waals surface area contributed by atoms with Crippen LogP contribution in [0.4, 0.5) is 4.79 Å². The van der Waals surface area contributed by atoms with Crippen LogP contribution in [-0.2, 0) is 19.1 Å². The van der Waals surface area contributed by atoms with Crippen molar-refractivity contribution < 1.29 is 23.9 Å². The van der Waals surface area contributed by atoms with Crippen LogP contribution >= 0.6 is 0 Å². The number of fused-ring (bicyclic) bond motifs is 1. The van der Waals surface area contributed by atoms with Gasteiger partial charge >= 0.3 is 6.09 Å². The molecule has 282 valence electrons. The van der Waals surface area contributed by atoms with E-state index in [0.717, 1.165) is 77.4 Å². The van der Waals surface area contributed by atoms with Crippen LogP contribution in [0.5, 0.6) is 0 Å². The first-order valence-corrected chi connectivity index (χ1v) is 19.2. The number of carbonyl (C=O) groups is 4. The Morgan fingerprint density at radius 3 is 1.96 bits per heavy atom. The van der Waals surface area contributed by atoms with E-state index < -0.39 is 12.1 Å². The predicted octanol–water partition coefficient (Wildman–Crippen LogP) is 5.82. The van der Waals surface area contributed by atoms with E-state index in [1.54, 1.807) is 0 Å². The number of hydrazine groups is 1. The lowest BCUT2D eigenvalue weighted by Gasteiger charge is -2.57. The summed E-state index contributed by atoms with van der Waals surface area (Å²) in [5, 5.41) is 4.20. The second-order valence-corrected chi connectivity index (χ2v) is 15.7. The topological polar surface area (TPSA) is 165 Å². The SMILES string of the molecule is COC(=O)N[C@H](C(=O)N1CCC[C@H]1c1ncc(-c2ccc(-c3ccc(-c4cnc([C@H]5[C@H](C(=O)NN6CC[C@H](C)C6=O)C6CC[C@@H]65)[nH]4)cc3)cc2)[nH]1)C(C)C. The van der Waals surface area contributed by atoms with Crippen LogP contribution in [0.25, 0.3) is 33.6 Å². The quantitative estimate of drug-likeness (QED) is 0.160. The fraction of sp³-hybridized carbons (Fsp3) is 0.463. The molecular formula is C41H48N8O5. The van der Waals surface area contributed by atoms with Gasteiger partial charge in [0.2, 0.25) is 17.7 Å². The number of ether oxygens (including phenoxy) is 1. The summed E-state index contributed by atoms with van der Waals surface area (Å²) < 4.78 is 4.75. The predicted molar refractivity (Wildman–Crippen MR) is 201 cm³/mol. The molecule has 0 bridgehead atoms. The lowest BCUT2D eigenvalue weighted by atomic mass is 9.46. The van der Waals surface area contributed by atoms with E-state index in [1.807, 2.05) is 38.1 Å². The van der Waals surface area contributed by atoms with Gasteiger partial charge in [-0.3, -0.25) is 24.8 Å². The lowest BCUT2D eigenvalue weighted by Crippen LogP contribution is -2.60. The van der Waals surface area contributed by atoms with Crippen LogP contribution in [0.3, 0.4) is 0 Å². The Balaban J connectivity index is 0.912. The third-order valence-electron chi connectivity index (χ3n) is 12.2. The lowest BCUT2D eigenvalue weighted by molar-refractivity contribution is -0.154. The Kier molecular flexibility index (Phi) is 9.49. The van der Waals surface area contributed by atoms with Gasteiger partial charge in [-0.25, -0.2) is 14.8 Å². The van der Waals surface area contributed by atoms with E-state index >= 15 is 0 Å². The average Bonchev–Trinajstić information content (AvgIpc) is 4.00. The maximum Gasteiger partial charge on any atom is 0.407 e. The van der Waals surface area contributed by atoms with Gasteiger partial charge in [0.15, 0.2) is 0 Å². The number of hydrogen-bond donors (Lipinski definition) is 4.